The van der Waals surface area contributed by atoms with Crippen LogP contribution in [0.5, 0.6) is 5.75 Å². The molecule has 2 aromatic rings. The number of amides is 1. The van der Waals surface area contributed by atoms with Crippen LogP contribution in [0.15, 0.2) is 48.5 Å². The highest BCUT2D eigenvalue weighted by molar-refractivity contribution is 6.30. The average Bonchev–Trinajstić information content (AvgIpc) is 2.41. The third-order valence-electron chi connectivity index (χ3n) is 2.43. The molecular formula is C14H13ClN2O2. The van der Waals surface area contributed by atoms with Gasteiger partial charge < -0.3 is 10.5 Å². The Bertz CT molecular complexity index is 570. The fraction of sp³-hybridized carbons (Fsp3) is 0.0714. The quantitative estimate of drug-likeness (QED) is 0.903. The summed E-state index contributed by atoms with van der Waals surface area (Å²) < 4.78 is 5.11. The molecule has 0 unspecified atom stereocenters. The highest BCUT2D eigenvalue weighted by atomic mass is 35.5. The lowest BCUT2D eigenvalue weighted by Crippen LogP contribution is -2.16. The number of nitrogens with one attached hydrogen (secondary N) is 1. The molecule has 0 saturated heterocycles. The molecule has 0 aliphatic heterocycles. The minimum absolute atomic E-state index is 0.418. The van der Waals surface area contributed by atoms with Gasteiger partial charge in [-0.3, -0.25) is 5.32 Å². The second kappa shape index (κ2) is 6.22. The van der Waals surface area contributed by atoms with Crippen LogP contribution >= 0.6 is 11.6 Å². The smallest absolute Gasteiger partial charge is 0.410 e. The van der Waals surface area contributed by atoms with Gasteiger partial charge in [-0.2, -0.15) is 0 Å². The van der Waals surface area contributed by atoms with E-state index in [1.165, 1.54) is 0 Å². The topological polar surface area (TPSA) is 64.3 Å². The van der Waals surface area contributed by atoms with Crippen molar-refractivity contribution in [3.63, 3.8) is 0 Å². The molecule has 2 aromatic carbocycles. The van der Waals surface area contributed by atoms with Crippen LogP contribution in [-0.4, -0.2) is 6.09 Å². The maximum atomic E-state index is 11.7. The molecule has 0 atom stereocenters. The monoisotopic (exact) mass is 276 g/mol. The number of carbonyl (C=O) groups is 1. The Morgan fingerprint density at radius 2 is 1.95 bits per heavy atom. The largest absolute Gasteiger partial charge is 0.417 e. The van der Waals surface area contributed by atoms with E-state index in [4.69, 9.17) is 22.1 Å². The second-order valence-corrected chi connectivity index (χ2v) is 4.31. The molecule has 3 N–H and O–H groups in total. The number of halogens is 1. The van der Waals surface area contributed by atoms with Crippen LogP contribution in [0.2, 0.25) is 5.02 Å². The van der Waals surface area contributed by atoms with E-state index in [0.29, 0.717) is 23.0 Å². The molecule has 0 saturated carbocycles. The van der Waals surface area contributed by atoms with Gasteiger partial charge in [0.25, 0.3) is 0 Å². The molecule has 0 spiro atoms. The summed E-state index contributed by atoms with van der Waals surface area (Å²) in [5, 5.41) is 3.22. The Kier molecular flexibility index (Phi) is 4.39. The Labute approximate surface area is 116 Å². The first-order valence-electron chi connectivity index (χ1n) is 5.71. The van der Waals surface area contributed by atoms with E-state index >= 15 is 0 Å². The molecule has 0 aliphatic rings. The van der Waals surface area contributed by atoms with Crippen molar-refractivity contribution in [2.75, 3.05) is 5.32 Å². The number of rotatable bonds is 3. The molecule has 0 radical (unpaired) electrons. The third kappa shape index (κ3) is 3.98. The SMILES string of the molecule is NCc1cccc(NC(=O)Oc2ccc(Cl)cc2)c1. The summed E-state index contributed by atoms with van der Waals surface area (Å²) >= 11 is 5.74. The molecule has 98 valence electrons. The van der Waals surface area contributed by atoms with Gasteiger partial charge in [0, 0.05) is 17.3 Å². The van der Waals surface area contributed by atoms with Gasteiger partial charge in [-0.15, -0.1) is 0 Å². The summed E-state index contributed by atoms with van der Waals surface area (Å²) in [5.74, 6) is 0.428. The molecule has 0 aliphatic carbocycles. The van der Waals surface area contributed by atoms with Crippen molar-refractivity contribution in [1.29, 1.82) is 0 Å². The van der Waals surface area contributed by atoms with Crippen LogP contribution in [0.1, 0.15) is 5.56 Å². The predicted octanol–water partition coefficient (Wildman–Crippen LogP) is 3.41. The molecule has 5 heteroatoms. The fourth-order valence-electron chi connectivity index (χ4n) is 1.53. The number of hydrogen-bond acceptors (Lipinski definition) is 3. The van der Waals surface area contributed by atoms with Crippen LogP contribution in [0.25, 0.3) is 0 Å². The molecule has 2 rings (SSSR count). The highest BCUT2D eigenvalue weighted by Gasteiger charge is 2.05. The molecule has 0 aromatic heterocycles. The van der Waals surface area contributed by atoms with Crippen molar-refractivity contribution in [2.45, 2.75) is 6.54 Å². The minimum atomic E-state index is -0.559. The van der Waals surface area contributed by atoms with Gasteiger partial charge in [-0.1, -0.05) is 23.7 Å². The van der Waals surface area contributed by atoms with Crippen LogP contribution < -0.4 is 15.8 Å². The summed E-state index contributed by atoms with van der Waals surface area (Å²) in [6, 6.07) is 13.8. The Hall–Kier alpha value is -2.04. The van der Waals surface area contributed by atoms with Crippen molar-refractivity contribution >= 4 is 23.4 Å². The van der Waals surface area contributed by atoms with E-state index in [0.717, 1.165) is 5.56 Å². The summed E-state index contributed by atoms with van der Waals surface area (Å²) in [7, 11) is 0. The van der Waals surface area contributed by atoms with Crippen molar-refractivity contribution in [3.05, 3.63) is 59.1 Å². The van der Waals surface area contributed by atoms with Crippen molar-refractivity contribution in [1.82, 2.24) is 0 Å². The maximum Gasteiger partial charge on any atom is 0.417 e. The summed E-state index contributed by atoms with van der Waals surface area (Å²) in [5.41, 5.74) is 7.11. The predicted molar refractivity (Wildman–Crippen MR) is 75.4 cm³/mol. The third-order valence-corrected chi connectivity index (χ3v) is 2.69. The summed E-state index contributed by atoms with van der Waals surface area (Å²) in [6.07, 6.45) is -0.559. The molecule has 0 fully saturated rings. The zero-order chi connectivity index (χ0) is 13.7. The van der Waals surface area contributed by atoms with Crippen molar-refractivity contribution < 1.29 is 9.53 Å². The first-order chi connectivity index (χ1) is 9.17. The van der Waals surface area contributed by atoms with E-state index < -0.39 is 6.09 Å². The lowest BCUT2D eigenvalue weighted by Gasteiger charge is -2.07. The number of ether oxygens (including phenoxy) is 1. The van der Waals surface area contributed by atoms with Gasteiger partial charge in [0.2, 0.25) is 0 Å². The molecule has 1 amide bonds. The van der Waals surface area contributed by atoms with E-state index in [1.807, 2.05) is 12.1 Å². The maximum absolute atomic E-state index is 11.7. The van der Waals surface area contributed by atoms with Gasteiger partial charge in [0.05, 0.1) is 0 Å². The molecule has 0 bridgehead atoms. The molecule has 0 heterocycles. The van der Waals surface area contributed by atoms with Crippen LogP contribution in [0.4, 0.5) is 10.5 Å². The first-order valence-corrected chi connectivity index (χ1v) is 6.08. The first kappa shape index (κ1) is 13.4. The van der Waals surface area contributed by atoms with Gasteiger partial charge in [0.15, 0.2) is 0 Å². The van der Waals surface area contributed by atoms with Crippen LogP contribution in [0.3, 0.4) is 0 Å². The lowest BCUT2D eigenvalue weighted by molar-refractivity contribution is 0.215. The van der Waals surface area contributed by atoms with Crippen molar-refractivity contribution in [2.24, 2.45) is 5.73 Å². The van der Waals surface area contributed by atoms with Crippen molar-refractivity contribution in [3.8, 4) is 5.75 Å². The zero-order valence-electron chi connectivity index (χ0n) is 10.1. The summed E-state index contributed by atoms with van der Waals surface area (Å²) in [4.78, 5) is 11.7. The van der Waals surface area contributed by atoms with E-state index in [2.05, 4.69) is 5.32 Å². The normalized spacial score (nSPS) is 10.0. The number of anilines is 1. The highest BCUT2D eigenvalue weighted by Crippen LogP contribution is 2.16. The lowest BCUT2D eigenvalue weighted by atomic mass is 10.2. The summed E-state index contributed by atoms with van der Waals surface area (Å²) in [6.45, 7) is 0.418. The molecule has 19 heavy (non-hydrogen) atoms. The van der Waals surface area contributed by atoms with Gasteiger partial charge in [-0.25, -0.2) is 4.79 Å². The Balaban J connectivity index is 1.99. The average molecular weight is 277 g/mol. The van der Waals surface area contributed by atoms with Gasteiger partial charge in [-0.05, 0) is 42.0 Å². The Morgan fingerprint density at radius 3 is 2.63 bits per heavy atom. The number of nitrogens with two attached hydrogens (primary N) is 1. The minimum Gasteiger partial charge on any atom is -0.410 e. The van der Waals surface area contributed by atoms with E-state index in [-0.39, 0.29) is 0 Å². The van der Waals surface area contributed by atoms with Gasteiger partial charge >= 0.3 is 6.09 Å². The van der Waals surface area contributed by atoms with Gasteiger partial charge in [0.1, 0.15) is 5.75 Å². The molecule has 4 nitrogen and oxygen atoms in total. The van der Waals surface area contributed by atoms with E-state index in [9.17, 15) is 4.79 Å². The molecular weight excluding hydrogens is 264 g/mol. The van der Waals surface area contributed by atoms with Crippen LogP contribution in [0, 0.1) is 0 Å². The zero-order valence-corrected chi connectivity index (χ0v) is 10.9. The second-order valence-electron chi connectivity index (χ2n) is 3.87. The number of benzene rings is 2. The van der Waals surface area contributed by atoms with Crippen LogP contribution in [-0.2, 0) is 6.54 Å². The Morgan fingerprint density at radius 1 is 1.21 bits per heavy atom. The fourth-order valence-corrected chi connectivity index (χ4v) is 1.66. The number of hydrogen-bond donors (Lipinski definition) is 2. The number of carbonyl (C=O) groups excluding carboxylic acids is 1. The standard InChI is InChI=1S/C14H13ClN2O2/c15-11-4-6-13(7-5-11)19-14(18)17-12-3-1-2-10(8-12)9-16/h1-8H,9,16H2,(H,17,18). The van der Waals surface area contributed by atoms with E-state index in [1.54, 1.807) is 36.4 Å².